The summed E-state index contributed by atoms with van der Waals surface area (Å²) in [5, 5.41) is 14.4. The number of methoxy groups -OCH3 is 1. The van der Waals surface area contributed by atoms with Gasteiger partial charge >= 0.3 is 11.7 Å². The first-order valence-corrected chi connectivity index (χ1v) is 7.40. The number of nitrogens with zero attached hydrogens (tertiary/aromatic N) is 2. The molecule has 0 aliphatic carbocycles. The molecule has 0 aliphatic heterocycles. The smallest absolute Gasteiger partial charge is 0.339 e. The average Bonchev–Trinajstić information content (AvgIpc) is 2.56. The van der Waals surface area contributed by atoms with Crippen LogP contribution in [0, 0.1) is 24.0 Å². The van der Waals surface area contributed by atoms with Crippen molar-refractivity contribution in [3.63, 3.8) is 0 Å². The van der Waals surface area contributed by atoms with E-state index in [4.69, 9.17) is 0 Å². The van der Waals surface area contributed by atoms with Crippen LogP contribution in [0.2, 0.25) is 0 Å². The fourth-order valence-electron chi connectivity index (χ4n) is 2.46. The van der Waals surface area contributed by atoms with Crippen LogP contribution in [0.4, 0.5) is 11.5 Å². The maximum atomic E-state index is 11.5. The number of pyridine rings is 1. The lowest BCUT2D eigenvalue weighted by Gasteiger charge is -2.18. The molecule has 2 aromatic rings. The zero-order chi connectivity index (χ0) is 17.9. The van der Waals surface area contributed by atoms with Crippen molar-refractivity contribution < 1.29 is 14.5 Å². The summed E-state index contributed by atoms with van der Waals surface area (Å²) >= 11 is 0. The number of aromatic nitrogens is 1. The number of hydrogen-bond donors (Lipinski definition) is 1. The van der Waals surface area contributed by atoms with Crippen LogP contribution in [0.1, 0.15) is 40.0 Å². The number of esters is 1. The summed E-state index contributed by atoms with van der Waals surface area (Å²) in [6, 6.07) is 6.90. The number of ether oxygens (including phenoxy) is 1. The van der Waals surface area contributed by atoms with Crippen molar-refractivity contribution in [1.82, 2.24) is 4.98 Å². The number of hydrogen-bond acceptors (Lipinski definition) is 6. The van der Waals surface area contributed by atoms with E-state index in [1.165, 1.54) is 13.3 Å². The van der Waals surface area contributed by atoms with Gasteiger partial charge in [0.1, 0.15) is 0 Å². The van der Waals surface area contributed by atoms with Gasteiger partial charge in [0.25, 0.3) is 0 Å². The highest BCUT2D eigenvalue weighted by Gasteiger charge is 2.21. The van der Waals surface area contributed by atoms with Gasteiger partial charge in [0.2, 0.25) is 5.82 Å². The van der Waals surface area contributed by atoms with Gasteiger partial charge < -0.3 is 10.1 Å². The topological polar surface area (TPSA) is 94.4 Å². The minimum atomic E-state index is -0.667. The van der Waals surface area contributed by atoms with Crippen LogP contribution < -0.4 is 5.32 Å². The molecule has 0 amide bonds. The highest BCUT2D eigenvalue weighted by molar-refractivity contribution is 5.90. The largest absolute Gasteiger partial charge is 0.465 e. The van der Waals surface area contributed by atoms with Crippen LogP contribution in [0.15, 0.2) is 30.5 Å². The SMILES string of the molecule is COC(=O)c1cnc(NC(C)c2cccc(C)c2C)c([N+](=O)[O-])c1. The number of benzene rings is 1. The van der Waals surface area contributed by atoms with Gasteiger partial charge in [0, 0.05) is 12.3 Å². The third-order valence-corrected chi connectivity index (χ3v) is 3.95. The summed E-state index contributed by atoms with van der Waals surface area (Å²) < 4.78 is 4.57. The van der Waals surface area contributed by atoms with E-state index in [1.54, 1.807) is 0 Å². The number of nitrogens with one attached hydrogen (secondary N) is 1. The Labute approximate surface area is 139 Å². The summed E-state index contributed by atoms with van der Waals surface area (Å²) in [4.78, 5) is 26.3. The first kappa shape index (κ1) is 17.4. The van der Waals surface area contributed by atoms with Gasteiger partial charge in [-0.2, -0.15) is 0 Å². The van der Waals surface area contributed by atoms with E-state index in [0.29, 0.717) is 0 Å². The minimum absolute atomic E-state index is 0.0362. The third-order valence-electron chi connectivity index (χ3n) is 3.95. The summed E-state index contributed by atoms with van der Waals surface area (Å²) in [6.45, 7) is 5.92. The van der Waals surface area contributed by atoms with Crippen LogP contribution in [0.3, 0.4) is 0 Å². The highest BCUT2D eigenvalue weighted by atomic mass is 16.6. The second-order valence-electron chi connectivity index (χ2n) is 5.50. The van der Waals surface area contributed by atoms with E-state index < -0.39 is 10.9 Å². The maximum Gasteiger partial charge on any atom is 0.339 e. The lowest BCUT2D eigenvalue weighted by atomic mass is 9.98. The molecule has 0 saturated heterocycles. The quantitative estimate of drug-likeness (QED) is 0.512. The molecule has 1 N–H and O–H groups in total. The van der Waals surface area contributed by atoms with Gasteiger partial charge in [-0.25, -0.2) is 9.78 Å². The molecule has 126 valence electrons. The van der Waals surface area contributed by atoms with Crippen molar-refractivity contribution in [3.8, 4) is 0 Å². The van der Waals surface area contributed by atoms with E-state index in [1.807, 2.05) is 39.0 Å². The Morgan fingerprint density at radius 2 is 2.08 bits per heavy atom. The first-order valence-electron chi connectivity index (χ1n) is 7.40. The Bertz CT molecular complexity index is 789. The number of nitro groups is 1. The van der Waals surface area contributed by atoms with Gasteiger partial charge in [-0.1, -0.05) is 18.2 Å². The van der Waals surface area contributed by atoms with E-state index in [2.05, 4.69) is 15.0 Å². The number of aryl methyl sites for hydroxylation is 1. The van der Waals surface area contributed by atoms with Gasteiger partial charge in [-0.3, -0.25) is 10.1 Å². The van der Waals surface area contributed by atoms with Gasteiger partial charge in [-0.05, 0) is 37.5 Å². The molecule has 0 bridgehead atoms. The molecule has 1 aromatic carbocycles. The molecule has 7 nitrogen and oxygen atoms in total. The van der Waals surface area contributed by atoms with Gasteiger partial charge in [0.05, 0.1) is 23.6 Å². The van der Waals surface area contributed by atoms with Crippen LogP contribution in [-0.4, -0.2) is 23.0 Å². The summed E-state index contributed by atoms with van der Waals surface area (Å²) in [5.74, 6) is -0.555. The van der Waals surface area contributed by atoms with Crippen molar-refractivity contribution in [3.05, 3.63) is 62.8 Å². The fourth-order valence-corrected chi connectivity index (χ4v) is 2.46. The second kappa shape index (κ2) is 7.08. The molecular weight excluding hydrogens is 310 g/mol. The molecule has 7 heteroatoms. The number of carbonyl (C=O) groups excluding carboxylic acids is 1. The zero-order valence-electron chi connectivity index (χ0n) is 14.0. The second-order valence-corrected chi connectivity index (χ2v) is 5.50. The van der Waals surface area contributed by atoms with Crippen LogP contribution in [0.25, 0.3) is 0 Å². The molecule has 0 saturated carbocycles. The monoisotopic (exact) mass is 329 g/mol. The molecule has 0 spiro atoms. The summed E-state index contributed by atoms with van der Waals surface area (Å²) in [7, 11) is 1.21. The lowest BCUT2D eigenvalue weighted by molar-refractivity contribution is -0.384. The summed E-state index contributed by atoms with van der Waals surface area (Å²) in [6.07, 6.45) is 1.26. The highest BCUT2D eigenvalue weighted by Crippen LogP contribution is 2.29. The van der Waals surface area contributed by atoms with Crippen molar-refractivity contribution in [2.75, 3.05) is 12.4 Å². The Balaban J connectivity index is 2.36. The predicted octanol–water partition coefficient (Wildman–Crippen LogP) is 3.57. The van der Waals surface area contributed by atoms with Crippen molar-refractivity contribution in [1.29, 1.82) is 0 Å². The number of carbonyl (C=O) groups is 1. The molecule has 1 aromatic heterocycles. The molecule has 2 rings (SSSR count). The van der Waals surface area contributed by atoms with Crippen LogP contribution >= 0.6 is 0 Å². The van der Waals surface area contributed by atoms with Gasteiger partial charge in [0.15, 0.2) is 0 Å². The minimum Gasteiger partial charge on any atom is -0.465 e. The van der Waals surface area contributed by atoms with Crippen LogP contribution in [-0.2, 0) is 4.74 Å². The Hall–Kier alpha value is -2.96. The number of anilines is 1. The fraction of sp³-hybridized carbons (Fsp3) is 0.294. The van der Waals surface area contributed by atoms with E-state index in [-0.39, 0.29) is 23.1 Å². The molecule has 1 atom stereocenters. The average molecular weight is 329 g/mol. The molecule has 1 unspecified atom stereocenters. The summed E-state index contributed by atoms with van der Waals surface area (Å²) in [5.41, 5.74) is 3.06. The van der Waals surface area contributed by atoms with Crippen molar-refractivity contribution in [2.45, 2.75) is 26.8 Å². The molecule has 1 heterocycles. The van der Waals surface area contributed by atoms with E-state index >= 15 is 0 Å². The van der Waals surface area contributed by atoms with Crippen molar-refractivity contribution in [2.24, 2.45) is 0 Å². The molecule has 0 aliphatic rings. The Kier molecular flexibility index (Phi) is 5.13. The molecule has 0 fully saturated rings. The Morgan fingerprint density at radius 3 is 2.71 bits per heavy atom. The maximum absolute atomic E-state index is 11.5. The van der Waals surface area contributed by atoms with Crippen LogP contribution in [0.5, 0.6) is 0 Å². The van der Waals surface area contributed by atoms with E-state index in [9.17, 15) is 14.9 Å². The first-order chi connectivity index (χ1) is 11.3. The van der Waals surface area contributed by atoms with E-state index in [0.717, 1.165) is 22.8 Å². The molecule has 0 radical (unpaired) electrons. The predicted molar refractivity (Wildman–Crippen MR) is 90.2 cm³/mol. The van der Waals surface area contributed by atoms with Gasteiger partial charge in [-0.15, -0.1) is 0 Å². The van der Waals surface area contributed by atoms with Crippen molar-refractivity contribution >= 4 is 17.5 Å². The normalized spacial score (nSPS) is 11.7. The third kappa shape index (κ3) is 3.51. The lowest BCUT2D eigenvalue weighted by Crippen LogP contribution is -2.12. The molecule has 24 heavy (non-hydrogen) atoms. The molecular formula is C17H19N3O4. The Morgan fingerprint density at radius 1 is 1.38 bits per heavy atom. The zero-order valence-corrected chi connectivity index (χ0v) is 14.0. The standard InChI is InChI=1S/C17H19N3O4/c1-10-6-5-7-14(11(10)2)12(3)19-16-15(20(22)23)8-13(9-18-16)17(21)24-4/h5-9,12H,1-4H3,(H,18,19). The number of rotatable bonds is 5.